The summed E-state index contributed by atoms with van der Waals surface area (Å²) in [6, 6.07) is 6.60. The van der Waals surface area contributed by atoms with Crippen LogP contribution in [0.15, 0.2) is 39.6 Å². The molecule has 0 saturated heterocycles. The van der Waals surface area contributed by atoms with Crippen molar-refractivity contribution in [3.05, 3.63) is 55.6 Å². The van der Waals surface area contributed by atoms with Crippen LogP contribution in [0.25, 0.3) is 10.2 Å². The van der Waals surface area contributed by atoms with Gasteiger partial charge in [0, 0.05) is 12.1 Å². The average Bonchev–Trinajstić information content (AvgIpc) is 3.04. The number of halogens is 2. The normalized spacial score (nSPS) is 11.1. The van der Waals surface area contributed by atoms with Crippen LogP contribution >= 0.6 is 46.3 Å². The number of fused-ring (bicyclic) bond motifs is 1. The molecular weight excluding hydrogens is 387 g/mol. The minimum Gasteiger partial charge on any atom is -0.293 e. The third kappa shape index (κ3) is 3.37. The number of thioether (sulfide) groups is 1. The Hall–Kier alpha value is -1.34. The summed E-state index contributed by atoms with van der Waals surface area (Å²) in [5, 5.41) is 3.14. The highest BCUT2D eigenvalue weighted by Crippen LogP contribution is 2.25. The number of carbonyl (C=O) groups excluding carboxylic acids is 1. The Morgan fingerprint density at radius 2 is 2.08 bits per heavy atom. The Balaban J connectivity index is 1.86. The molecule has 0 aliphatic carbocycles. The van der Waals surface area contributed by atoms with Gasteiger partial charge in [-0.1, -0.05) is 35.0 Å². The van der Waals surface area contributed by atoms with Crippen LogP contribution in [0.3, 0.4) is 0 Å². The summed E-state index contributed by atoms with van der Waals surface area (Å²) in [7, 11) is 0. The van der Waals surface area contributed by atoms with Gasteiger partial charge >= 0.3 is 0 Å². The van der Waals surface area contributed by atoms with Crippen LogP contribution in [0, 0.1) is 0 Å². The van der Waals surface area contributed by atoms with Gasteiger partial charge in [0.15, 0.2) is 10.9 Å². The number of rotatable bonds is 5. The first-order chi connectivity index (χ1) is 11.5. The minimum atomic E-state index is -0.0964. The number of hydrogen-bond acceptors (Lipinski definition) is 5. The van der Waals surface area contributed by atoms with Crippen LogP contribution < -0.4 is 5.56 Å². The van der Waals surface area contributed by atoms with E-state index in [-0.39, 0.29) is 17.1 Å². The zero-order valence-corrected chi connectivity index (χ0v) is 15.7. The van der Waals surface area contributed by atoms with Crippen LogP contribution in [0.4, 0.5) is 0 Å². The maximum absolute atomic E-state index is 12.4. The molecule has 1 aromatic carbocycles. The van der Waals surface area contributed by atoms with Gasteiger partial charge in [0.2, 0.25) is 0 Å². The van der Waals surface area contributed by atoms with E-state index in [9.17, 15) is 9.59 Å². The fourth-order valence-corrected chi connectivity index (χ4v) is 4.23. The first-order valence-corrected chi connectivity index (χ1v) is 9.72. The van der Waals surface area contributed by atoms with Crippen LogP contribution in [0.2, 0.25) is 10.0 Å². The van der Waals surface area contributed by atoms with Gasteiger partial charge in [0.05, 0.1) is 21.3 Å². The van der Waals surface area contributed by atoms with Gasteiger partial charge in [-0.05, 0) is 36.6 Å². The van der Waals surface area contributed by atoms with Gasteiger partial charge in [-0.3, -0.25) is 14.2 Å². The number of ketones is 1. The number of carbonyl (C=O) groups is 1. The number of nitrogens with zero attached hydrogens (tertiary/aromatic N) is 2. The third-order valence-corrected chi connectivity index (χ3v) is 6.03. The average molecular weight is 399 g/mol. The molecule has 2 heterocycles. The van der Waals surface area contributed by atoms with Crippen LogP contribution in [-0.4, -0.2) is 21.1 Å². The molecule has 0 amide bonds. The highest BCUT2D eigenvalue weighted by Gasteiger charge is 2.14. The molecule has 0 spiro atoms. The maximum atomic E-state index is 12.4. The van der Waals surface area contributed by atoms with Gasteiger partial charge in [0.1, 0.15) is 4.70 Å². The second kappa shape index (κ2) is 7.27. The van der Waals surface area contributed by atoms with Crippen LogP contribution in [0.5, 0.6) is 0 Å². The van der Waals surface area contributed by atoms with E-state index < -0.39 is 0 Å². The Kier molecular flexibility index (Phi) is 5.30. The van der Waals surface area contributed by atoms with E-state index in [4.69, 9.17) is 23.2 Å². The summed E-state index contributed by atoms with van der Waals surface area (Å²) in [5.41, 5.74) is 1.08. The SMILES string of the molecule is CCn1c(SCC(=O)c2ccc(Cl)c(Cl)c2)nc2ccsc2c1=O. The number of aromatic nitrogens is 2. The number of thiophene rings is 1. The van der Waals surface area contributed by atoms with E-state index in [1.165, 1.54) is 23.1 Å². The number of Topliss-reactive ketones (excluding diaryl/α,β-unsaturated/α-hetero) is 1. The Bertz CT molecular complexity index is 982. The lowest BCUT2D eigenvalue weighted by Gasteiger charge is -2.09. The molecule has 124 valence electrons. The monoisotopic (exact) mass is 398 g/mol. The van der Waals surface area contributed by atoms with E-state index in [0.29, 0.717) is 37.5 Å². The van der Waals surface area contributed by atoms with Crippen molar-refractivity contribution >= 4 is 62.3 Å². The molecule has 24 heavy (non-hydrogen) atoms. The topological polar surface area (TPSA) is 52.0 Å². The molecule has 4 nitrogen and oxygen atoms in total. The van der Waals surface area contributed by atoms with Crippen molar-refractivity contribution in [2.45, 2.75) is 18.6 Å². The fraction of sp³-hybridized carbons (Fsp3) is 0.188. The van der Waals surface area contributed by atoms with Gasteiger partial charge in [-0.2, -0.15) is 0 Å². The molecule has 0 bridgehead atoms. The Labute approximate surface area is 156 Å². The smallest absolute Gasteiger partial charge is 0.272 e. The van der Waals surface area contributed by atoms with Gasteiger partial charge in [-0.25, -0.2) is 4.98 Å². The van der Waals surface area contributed by atoms with Gasteiger partial charge < -0.3 is 0 Å². The van der Waals surface area contributed by atoms with Crippen molar-refractivity contribution in [1.29, 1.82) is 0 Å². The zero-order chi connectivity index (χ0) is 17.3. The molecule has 0 radical (unpaired) electrons. The maximum Gasteiger partial charge on any atom is 0.272 e. The molecule has 3 aromatic rings. The Morgan fingerprint density at radius 3 is 2.79 bits per heavy atom. The largest absolute Gasteiger partial charge is 0.293 e. The van der Waals surface area contributed by atoms with Crippen molar-refractivity contribution in [2.24, 2.45) is 0 Å². The van der Waals surface area contributed by atoms with Gasteiger partial charge in [-0.15, -0.1) is 11.3 Å². The highest BCUT2D eigenvalue weighted by atomic mass is 35.5. The van der Waals surface area contributed by atoms with Crippen molar-refractivity contribution in [3.8, 4) is 0 Å². The van der Waals surface area contributed by atoms with Gasteiger partial charge in [0.25, 0.3) is 5.56 Å². The molecule has 0 fully saturated rings. The van der Waals surface area contributed by atoms with Crippen molar-refractivity contribution in [3.63, 3.8) is 0 Å². The van der Waals surface area contributed by atoms with Crippen molar-refractivity contribution in [2.75, 3.05) is 5.75 Å². The molecule has 0 saturated carbocycles. The standard InChI is InChI=1S/C16H12Cl2N2O2S2/c1-2-20-15(22)14-12(5-6-23-14)19-16(20)24-8-13(21)9-3-4-10(17)11(18)7-9/h3-7H,2,8H2,1H3. The van der Waals surface area contributed by atoms with E-state index >= 15 is 0 Å². The van der Waals surface area contributed by atoms with Crippen LogP contribution in [0.1, 0.15) is 17.3 Å². The first-order valence-electron chi connectivity index (χ1n) is 7.10. The zero-order valence-electron chi connectivity index (χ0n) is 12.6. The fourth-order valence-electron chi connectivity index (χ4n) is 2.20. The third-order valence-electron chi connectivity index (χ3n) is 3.42. The molecule has 0 aliphatic heterocycles. The van der Waals surface area contributed by atoms with E-state index in [0.717, 1.165) is 0 Å². The first kappa shape index (κ1) is 17.5. The lowest BCUT2D eigenvalue weighted by Crippen LogP contribution is -2.22. The second-order valence-corrected chi connectivity index (χ2v) is 7.59. The van der Waals surface area contributed by atoms with Crippen molar-refractivity contribution in [1.82, 2.24) is 9.55 Å². The van der Waals surface area contributed by atoms with E-state index in [2.05, 4.69) is 4.98 Å². The van der Waals surface area contributed by atoms with E-state index in [1.807, 2.05) is 18.4 Å². The lowest BCUT2D eigenvalue weighted by molar-refractivity contribution is 0.102. The predicted molar refractivity (Wildman–Crippen MR) is 101 cm³/mol. The molecule has 2 aromatic heterocycles. The second-order valence-electron chi connectivity index (χ2n) is 4.92. The molecular formula is C16H12Cl2N2O2S2. The summed E-state index contributed by atoms with van der Waals surface area (Å²) in [5.74, 6) is 0.0703. The van der Waals surface area contributed by atoms with Crippen LogP contribution in [-0.2, 0) is 6.54 Å². The summed E-state index contributed by atoms with van der Waals surface area (Å²) in [6.45, 7) is 2.39. The minimum absolute atomic E-state index is 0.0676. The highest BCUT2D eigenvalue weighted by molar-refractivity contribution is 7.99. The predicted octanol–water partition coefficient (Wildman–Crippen LogP) is 4.76. The summed E-state index contributed by atoms with van der Waals surface area (Å²) >= 11 is 14.4. The molecule has 0 atom stereocenters. The summed E-state index contributed by atoms with van der Waals surface area (Å²) < 4.78 is 2.23. The summed E-state index contributed by atoms with van der Waals surface area (Å²) in [4.78, 5) is 29.3. The van der Waals surface area contributed by atoms with E-state index in [1.54, 1.807) is 22.8 Å². The Morgan fingerprint density at radius 1 is 1.29 bits per heavy atom. The number of hydrogen-bond donors (Lipinski definition) is 0. The number of benzene rings is 1. The molecule has 0 N–H and O–H groups in total. The van der Waals surface area contributed by atoms with Crippen molar-refractivity contribution < 1.29 is 4.79 Å². The lowest BCUT2D eigenvalue weighted by atomic mass is 10.1. The molecule has 0 aliphatic rings. The quantitative estimate of drug-likeness (QED) is 0.353. The molecule has 8 heteroatoms. The summed E-state index contributed by atoms with van der Waals surface area (Å²) in [6.07, 6.45) is 0. The molecule has 0 unspecified atom stereocenters. The molecule has 3 rings (SSSR count).